The standard InChI is InChI=1S/C15H24N2O3/c1-10(2)14-8-13(17-20-14)15(19)16-12-7-5-3-4-6-11(12)9-18/h8,10-12,18H,3-7,9H2,1-2H3,(H,16,19)/t11-,12+/m0/s1. The molecule has 1 aromatic rings. The molecule has 1 aromatic heterocycles. The molecule has 0 aromatic carbocycles. The van der Waals surface area contributed by atoms with Crippen LogP contribution in [-0.4, -0.2) is 28.8 Å². The fraction of sp³-hybridized carbons (Fsp3) is 0.733. The van der Waals surface area contributed by atoms with Crippen LogP contribution in [0.4, 0.5) is 0 Å². The molecule has 0 bridgehead atoms. The number of amides is 1. The lowest BCUT2D eigenvalue weighted by atomic mass is 9.95. The molecule has 1 aliphatic rings. The van der Waals surface area contributed by atoms with Crippen molar-refractivity contribution in [2.75, 3.05) is 6.61 Å². The lowest BCUT2D eigenvalue weighted by Crippen LogP contribution is -2.41. The van der Waals surface area contributed by atoms with Gasteiger partial charge >= 0.3 is 0 Å². The van der Waals surface area contributed by atoms with Gasteiger partial charge in [-0.2, -0.15) is 0 Å². The summed E-state index contributed by atoms with van der Waals surface area (Å²) in [5, 5.41) is 16.3. The number of aliphatic hydroxyl groups is 1. The number of carbonyl (C=O) groups excluding carboxylic acids is 1. The molecule has 5 nitrogen and oxygen atoms in total. The molecule has 0 radical (unpaired) electrons. The Morgan fingerprint density at radius 2 is 2.20 bits per heavy atom. The first kappa shape index (κ1) is 15.0. The van der Waals surface area contributed by atoms with Crippen molar-refractivity contribution in [2.45, 2.75) is 57.9 Å². The Bertz CT molecular complexity index is 442. The van der Waals surface area contributed by atoms with Gasteiger partial charge in [0.15, 0.2) is 5.69 Å². The normalized spacial score (nSPS) is 23.6. The highest BCUT2D eigenvalue weighted by atomic mass is 16.5. The SMILES string of the molecule is CC(C)c1cc(C(=O)N[C@@H]2CCCCC[C@H]2CO)no1. The Hall–Kier alpha value is -1.36. The van der Waals surface area contributed by atoms with E-state index < -0.39 is 0 Å². The van der Waals surface area contributed by atoms with Crippen LogP contribution < -0.4 is 5.32 Å². The van der Waals surface area contributed by atoms with Crippen molar-refractivity contribution in [2.24, 2.45) is 5.92 Å². The zero-order chi connectivity index (χ0) is 14.5. The molecule has 112 valence electrons. The maximum absolute atomic E-state index is 12.2. The summed E-state index contributed by atoms with van der Waals surface area (Å²) in [6.07, 6.45) is 5.28. The maximum Gasteiger partial charge on any atom is 0.273 e. The predicted molar refractivity (Wildman–Crippen MR) is 75.5 cm³/mol. The molecule has 1 fully saturated rings. The van der Waals surface area contributed by atoms with E-state index in [9.17, 15) is 9.90 Å². The van der Waals surface area contributed by atoms with Crippen LogP contribution in [0, 0.1) is 5.92 Å². The zero-order valence-electron chi connectivity index (χ0n) is 12.3. The van der Waals surface area contributed by atoms with Crippen LogP contribution in [0.2, 0.25) is 0 Å². The second-order valence-corrected chi connectivity index (χ2v) is 5.93. The van der Waals surface area contributed by atoms with E-state index in [1.165, 1.54) is 6.42 Å². The van der Waals surface area contributed by atoms with Crippen LogP contribution in [-0.2, 0) is 0 Å². The minimum absolute atomic E-state index is 0.0363. The number of aliphatic hydroxyl groups excluding tert-OH is 1. The highest BCUT2D eigenvalue weighted by Gasteiger charge is 2.26. The first-order valence-electron chi connectivity index (χ1n) is 7.50. The minimum Gasteiger partial charge on any atom is -0.396 e. The predicted octanol–water partition coefficient (Wildman–Crippen LogP) is 2.47. The highest BCUT2D eigenvalue weighted by Crippen LogP contribution is 2.23. The van der Waals surface area contributed by atoms with E-state index >= 15 is 0 Å². The molecule has 0 unspecified atom stereocenters. The third-order valence-corrected chi connectivity index (χ3v) is 4.04. The van der Waals surface area contributed by atoms with Crippen molar-refractivity contribution < 1.29 is 14.4 Å². The zero-order valence-corrected chi connectivity index (χ0v) is 12.3. The Labute approximate surface area is 119 Å². The Morgan fingerprint density at radius 3 is 2.85 bits per heavy atom. The van der Waals surface area contributed by atoms with Crippen molar-refractivity contribution in [3.05, 3.63) is 17.5 Å². The minimum atomic E-state index is -0.203. The molecule has 0 spiro atoms. The molecule has 2 N–H and O–H groups in total. The van der Waals surface area contributed by atoms with Crippen LogP contribution in [0.3, 0.4) is 0 Å². The van der Waals surface area contributed by atoms with Crippen molar-refractivity contribution in [3.63, 3.8) is 0 Å². The highest BCUT2D eigenvalue weighted by molar-refractivity contribution is 5.92. The molecule has 2 rings (SSSR count). The van der Waals surface area contributed by atoms with Crippen molar-refractivity contribution in [1.82, 2.24) is 10.5 Å². The number of aromatic nitrogens is 1. The van der Waals surface area contributed by atoms with Crippen LogP contribution >= 0.6 is 0 Å². The average molecular weight is 280 g/mol. The average Bonchev–Trinajstić information content (AvgIpc) is 2.82. The largest absolute Gasteiger partial charge is 0.396 e. The molecule has 1 amide bonds. The van der Waals surface area contributed by atoms with Crippen LogP contribution in [0.15, 0.2) is 10.6 Å². The third kappa shape index (κ3) is 3.60. The van der Waals surface area contributed by atoms with Crippen LogP contribution in [0.25, 0.3) is 0 Å². The first-order chi connectivity index (χ1) is 9.61. The second-order valence-electron chi connectivity index (χ2n) is 5.93. The van der Waals surface area contributed by atoms with E-state index in [4.69, 9.17) is 4.52 Å². The van der Waals surface area contributed by atoms with Crippen molar-refractivity contribution in [3.8, 4) is 0 Å². The number of carbonyl (C=O) groups is 1. The summed E-state index contributed by atoms with van der Waals surface area (Å²) in [5.41, 5.74) is 0.328. The molecule has 1 aliphatic carbocycles. The molecule has 5 heteroatoms. The monoisotopic (exact) mass is 280 g/mol. The van der Waals surface area contributed by atoms with Gasteiger partial charge < -0.3 is 14.9 Å². The summed E-state index contributed by atoms with van der Waals surface area (Å²) in [5.74, 6) is 0.880. The molecule has 2 atom stereocenters. The lowest BCUT2D eigenvalue weighted by molar-refractivity contribution is 0.0890. The van der Waals surface area contributed by atoms with Gasteiger partial charge in [-0.25, -0.2) is 0 Å². The smallest absolute Gasteiger partial charge is 0.273 e. The second kappa shape index (κ2) is 6.88. The molecule has 0 aliphatic heterocycles. The summed E-state index contributed by atoms with van der Waals surface area (Å²) in [6, 6.07) is 1.74. The van der Waals surface area contributed by atoms with E-state index in [0.717, 1.165) is 31.4 Å². The molecule has 1 saturated carbocycles. The summed E-state index contributed by atoms with van der Waals surface area (Å²) >= 11 is 0. The van der Waals surface area contributed by atoms with Gasteiger partial charge in [0.05, 0.1) is 0 Å². The quantitative estimate of drug-likeness (QED) is 0.831. The van der Waals surface area contributed by atoms with E-state index in [0.29, 0.717) is 5.69 Å². The molecular formula is C15H24N2O3. The van der Waals surface area contributed by atoms with E-state index in [-0.39, 0.29) is 30.4 Å². The summed E-state index contributed by atoms with van der Waals surface area (Å²) in [6.45, 7) is 4.12. The van der Waals surface area contributed by atoms with Crippen molar-refractivity contribution >= 4 is 5.91 Å². The van der Waals surface area contributed by atoms with Crippen molar-refractivity contribution in [1.29, 1.82) is 0 Å². The van der Waals surface area contributed by atoms with Gasteiger partial charge in [-0.1, -0.05) is 38.3 Å². The molecule has 1 heterocycles. The number of hydrogen-bond acceptors (Lipinski definition) is 4. The van der Waals surface area contributed by atoms with Crippen LogP contribution in [0.5, 0.6) is 0 Å². The van der Waals surface area contributed by atoms with Crippen LogP contribution in [0.1, 0.15) is 68.1 Å². The third-order valence-electron chi connectivity index (χ3n) is 4.04. The van der Waals surface area contributed by atoms with Gasteiger partial charge in [-0.15, -0.1) is 0 Å². The Kier molecular flexibility index (Phi) is 5.17. The first-order valence-corrected chi connectivity index (χ1v) is 7.50. The van der Waals surface area contributed by atoms with E-state index in [1.54, 1.807) is 6.07 Å². The van der Waals surface area contributed by atoms with E-state index in [1.807, 2.05) is 13.8 Å². The number of hydrogen-bond donors (Lipinski definition) is 2. The summed E-state index contributed by atoms with van der Waals surface area (Å²) in [4.78, 5) is 12.2. The summed E-state index contributed by atoms with van der Waals surface area (Å²) < 4.78 is 5.15. The van der Waals surface area contributed by atoms with Gasteiger partial charge in [0, 0.05) is 30.6 Å². The van der Waals surface area contributed by atoms with Gasteiger partial charge in [0.2, 0.25) is 0 Å². The fourth-order valence-electron chi connectivity index (χ4n) is 2.70. The number of rotatable bonds is 4. The molecule has 0 saturated heterocycles. The van der Waals surface area contributed by atoms with Gasteiger partial charge in [0.25, 0.3) is 5.91 Å². The van der Waals surface area contributed by atoms with Gasteiger partial charge in [-0.3, -0.25) is 4.79 Å². The van der Waals surface area contributed by atoms with Gasteiger partial charge in [0.1, 0.15) is 5.76 Å². The Morgan fingerprint density at radius 1 is 1.45 bits per heavy atom. The topological polar surface area (TPSA) is 75.4 Å². The fourth-order valence-corrected chi connectivity index (χ4v) is 2.70. The molecular weight excluding hydrogens is 256 g/mol. The maximum atomic E-state index is 12.2. The number of nitrogens with zero attached hydrogens (tertiary/aromatic N) is 1. The van der Waals surface area contributed by atoms with E-state index in [2.05, 4.69) is 10.5 Å². The summed E-state index contributed by atoms with van der Waals surface area (Å²) in [7, 11) is 0. The molecule has 20 heavy (non-hydrogen) atoms. The van der Waals surface area contributed by atoms with Gasteiger partial charge in [-0.05, 0) is 12.8 Å². The number of nitrogens with one attached hydrogen (secondary N) is 1. The lowest BCUT2D eigenvalue weighted by Gasteiger charge is -2.23. The Balaban J connectivity index is 2.01.